The van der Waals surface area contributed by atoms with Crippen molar-refractivity contribution in [3.63, 3.8) is 0 Å². The minimum atomic E-state index is -0.579. The summed E-state index contributed by atoms with van der Waals surface area (Å²) in [5.41, 5.74) is 8.26. The molecule has 0 heterocycles. The number of nitrogens with one attached hydrogen (secondary N) is 2. The van der Waals surface area contributed by atoms with Crippen LogP contribution in [0.5, 0.6) is 0 Å². The summed E-state index contributed by atoms with van der Waals surface area (Å²) in [7, 11) is 0. The van der Waals surface area contributed by atoms with Crippen molar-refractivity contribution in [3.8, 4) is 0 Å². The van der Waals surface area contributed by atoms with Crippen LogP contribution in [0.15, 0.2) is 60.7 Å². The van der Waals surface area contributed by atoms with Gasteiger partial charge in [0.1, 0.15) is 6.04 Å². The standard InChI is InChI=1S/C22H27N3O2/c23-18(13-16-7-3-1-4-8-16)15-21(26)25-20(22(27)24-19-11-12-19)14-17-9-5-2-6-10-17/h1-10,18-20H,11-15,23H2,(H,24,27)(H,25,26). The van der Waals surface area contributed by atoms with Crippen LogP contribution in [-0.2, 0) is 22.4 Å². The molecule has 1 fully saturated rings. The summed E-state index contributed by atoms with van der Waals surface area (Å²) in [4.78, 5) is 25.0. The van der Waals surface area contributed by atoms with Crippen LogP contribution in [0.3, 0.4) is 0 Å². The molecule has 0 aromatic heterocycles. The lowest BCUT2D eigenvalue weighted by Crippen LogP contribution is -2.49. The minimum absolute atomic E-state index is 0.119. The molecule has 0 saturated heterocycles. The van der Waals surface area contributed by atoms with Crippen LogP contribution in [0.25, 0.3) is 0 Å². The Hall–Kier alpha value is -2.66. The van der Waals surface area contributed by atoms with Crippen molar-refractivity contribution in [2.75, 3.05) is 0 Å². The van der Waals surface area contributed by atoms with E-state index < -0.39 is 6.04 Å². The average Bonchev–Trinajstić information content (AvgIpc) is 3.46. The molecular weight excluding hydrogens is 338 g/mol. The Bertz CT molecular complexity index is 745. The molecule has 1 aliphatic carbocycles. The van der Waals surface area contributed by atoms with Gasteiger partial charge in [-0.05, 0) is 30.4 Å². The van der Waals surface area contributed by atoms with E-state index in [4.69, 9.17) is 5.73 Å². The molecule has 0 radical (unpaired) electrons. The SMILES string of the molecule is NC(CC(=O)NC(Cc1ccccc1)C(=O)NC1CC1)Cc1ccccc1. The van der Waals surface area contributed by atoms with E-state index in [0.717, 1.165) is 24.0 Å². The molecule has 2 amide bonds. The van der Waals surface area contributed by atoms with E-state index in [1.54, 1.807) is 0 Å². The van der Waals surface area contributed by atoms with Crippen molar-refractivity contribution in [2.24, 2.45) is 5.73 Å². The number of carbonyl (C=O) groups is 2. The maximum absolute atomic E-state index is 12.6. The van der Waals surface area contributed by atoms with E-state index in [2.05, 4.69) is 10.6 Å². The molecule has 2 aromatic carbocycles. The maximum Gasteiger partial charge on any atom is 0.243 e. The summed E-state index contributed by atoms with van der Waals surface area (Å²) in [6.45, 7) is 0. The number of hydrogen-bond donors (Lipinski definition) is 3. The fourth-order valence-electron chi connectivity index (χ4n) is 3.07. The number of carbonyl (C=O) groups excluding carboxylic acids is 2. The van der Waals surface area contributed by atoms with E-state index in [1.165, 1.54) is 0 Å². The second-order valence-electron chi connectivity index (χ2n) is 7.25. The molecule has 2 atom stereocenters. The van der Waals surface area contributed by atoms with E-state index in [-0.39, 0.29) is 30.3 Å². The normalized spacial score (nSPS) is 15.6. The van der Waals surface area contributed by atoms with Gasteiger partial charge in [0.2, 0.25) is 11.8 Å². The molecule has 4 N–H and O–H groups in total. The van der Waals surface area contributed by atoms with E-state index in [9.17, 15) is 9.59 Å². The molecule has 5 heteroatoms. The minimum Gasteiger partial charge on any atom is -0.352 e. The third-order valence-electron chi connectivity index (χ3n) is 4.65. The number of benzene rings is 2. The molecule has 142 valence electrons. The molecule has 5 nitrogen and oxygen atoms in total. The van der Waals surface area contributed by atoms with Crippen molar-refractivity contribution >= 4 is 11.8 Å². The van der Waals surface area contributed by atoms with Gasteiger partial charge < -0.3 is 16.4 Å². The highest BCUT2D eigenvalue weighted by Crippen LogP contribution is 2.19. The molecule has 0 aliphatic heterocycles. The fourth-order valence-corrected chi connectivity index (χ4v) is 3.07. The highest BCUT2D eigenvalue weighted by Gasteiger charge is 2.28. The smallest absolute Gasteiger partial charge is 0.243 e. The first kappa shape index (κ1) is 19.1. The predicted molar refractivity (Wildman–Crippen MR) is 106 cm³/mol. The lowest BCUT2D eigenvalue weighted by molar-refractivity contribution is -0.129. The summed E-state index contributed by atoms with van der Waals surface area (Å²) in [6, 6.07) is 19.0. The van der Waals surface area contributed by atoms with Gasteiger partial charge in [-0.2, -0.15) is 0 Å². The van der Waals surface area contributed by atoms with E-state index in [1.807, 2.05) is 60.7 Å². The Kier molecular flexibility index (Phi) is 6.60. The third-order valence-corrected chi connectivity index (χ3v) is 4.65. The summed E-state index contributed by atoms with van der Waals surface area (Å²) < 4.78 is 0. The van der Waals surface area contributed by atoms with E-state index in [0.29, 0.717) is 12.8 Å². The van der Waals surface area contributed by atoms with Crippen molar-refractivity contribution in [3.05, 3.63) is 71.8 Å². The van der Waals surface area contributed by atoms with Gasteiger partial charge in [0.15, 0.2) is 0 Å². The van der Waals surface area contributed by atoms with Crippen molar-refractivity contribution < 1.29 is 9.59 Å². The summed E-state index contributed by atoms with van der Waals surface area (Å²) in [5, 5.41) is 5.87. The van der Waals surface area contributed by atoms with Crippen LogP contribution < -0.4 is 16.4 Å². The number of nitrogens with two attached hydrogens (primary N) is 1. The van der Waals surface area contributed by atoms with Gasteiger partial charge in [0.25, 0.3) is 0 Å². The molecule has 2 unspecified atom stereocenters. The van der Waals surface area contributed by atoms with Crippen LogP contribution in [-0.4, -0.2) is 29.9 Å². The lowest BCUT2D eigenvalue weighted by atomic mass is 10.0. The van der Waals surface area contributed by atoms with Gasteiger partial charge in [0, 0.05) is 24.9 Å². The van der Waals surface area contributed by atoms with Crippen LogP contribution >= 0.6 is 0 Å². The van der Waals surface area contributed by atoms with Crippen LogP contribution in [0.4, 0.5) is 0 Å². The highest BCUT2D eigenvalue weighted by molar-refractivity contribution is 5.88. The zero-order valence-corrected chi connectivity index (χ0v) is 15.4. The quantitative estimate of drug-likeness (QED) is 0.635. The molecule has 0 spiro atoms. The van der Waals surface area contributed by atoms with Gasteiger partial charge in [-0.15, -0.1) is 0 Å². The Balaban J connectivity index is 1.56. The van der Waals surface area contributed by atoms with Crippen molar-refractivity contribution in [1.82, 2.24) is 10.6 Å². The third kappa shape index (κ3) is 6.53. The Morgan fingerprint density at radius 1 is 0.926 bits per heavy atom. The first-order chi connectivity index (χ1) is 13.1. The Morgan fingerprint density at radius 2 is 1.48 bits per heavy atom. The van der Waals surface area contributed by atoms with Gasteiger partial charge >= 0.3 is 0 Å². The number of amides is 2. The molecule has 1 saturated carbocycles. The Labute approximate surface area is 160 Å². The maximum atomic E-state index is 12.6. The van der Waals surface area contributed by atoms with Gasteiger partial charge in [-0.1, -0.05) is 60.7 Å². The molecule has 27 heavy (non-hydrogen) atoms. The second kappa shape index (κ2) is 9.33. The first-order valence-electron chi connectivity index (χ1n) is 9.53. The molecule has 1 aliphatic rings. The largest absolute Gasteiger partial charge is 0.352 e. The predicted octanol–water partition coefficient (Wildman–Crippen LogP) is 1.95. The lowest BCUT2D eigenvalue weighted by Gasteiger charge is -2.20. The summed E-state index contributed by atoms with van der Waals surface area (Å²) >= 11 is 0. The molecule has 3 rings (SSSR count). The first-order valence-corrected chi connectivity index (χ1v) is 9.53. The zero-order valence-electron chi connectivity index (χ0n) is 15.4. The van der Waals surface area contributed by atoms with Gasteiger partial charge in [-0.25, -0.2) is 0 Å². The zero-order chi connectivity index (χ0) is 19.1. The van der Waals surface area contributed by atoms with Gasteiger partial charge in [-0.3, -0.25) is 9.59 Å². The van der Waals surface area contributed by atoms with Crippen LogP contribution in [0, 0.1) is 0 Å². The molecule has 2 aromatic rings. The van der Waals surface area contributed by atoms with E-state index >= 15 is 0 Å². The van der Waals surface area contributed by atoms with Crippen molar-refractivity contribution in [1.29, 1.82) is 0 Å². The summed E-state index contributed by atoms with van der Waals surface area (Å²) in [5.74, 6) is -0.309. The van der Waals surface area contributed by atoms with Crippen LogP contribution in [0.1, 0.15) is 30.4 Å². The number of rotatable bonds is 9. The van der Waals surface area contributed by atoms with Crippen LogP contribution in [0.2, 0.25) is 0 Å². The topological polar surface area (TPSA) is 84.2 Å². The monoisotopic (exact) mass is 365 g/mol. The van der Waals surface area contributed by atoms with Gasteiger partial charge in [0.05, 0.1) is 0 Å². The average molecular weight is 365 g/mol. The Morgan fingerprint density at radius 3 is 2.04 bits per heavy atom. The van der Waals surface area contributed by atoms with Crippen molar-refractivity contribution in [2.45, 2.75) is 50.2 Å². The highest BCUT2D eigenvalue weighted by atomic mass is 16.2. The molecular formula is C22H27N3O2. The number of hydrogen-bond acceptors (Lipinski definition) is 3. The second-order valence-corrected chi connectivity index (χ2v) is 7.25. The summed E-state index contributed by atoms with van der Waals surface area (Å²) in [6.07, 6.45) is 3.32. The molecule has 0 bridgehead atoms. The fraction of sp³-hybridized carbons (Fsp3) is 0.364.